The Bertz CT molecular complexity index is 941. The van der Waals surface area contributed by atoms with Crippen molar-refractivity contribution in [3.8, 4) is 17.6 Å². The van der Waals surface area contributed by atoms with Crippen molar-refractivity contribution >= 4 is 11.4 Å². The second kappa shape index (κ2) is 7.81. The van der Waals surface area contributed by atoms with Crippen molar-refractivity contribution in [3.05, 3.63) is 85.5 Å². The summed E-state index contributed by atoms with van der Waals surface area (Å²) in [7, 11) is 0. The summed E-state index contributed by atoms with van der Waals surface area (Å²) in [6, 6.07) is 21.2. The van der Waals surface area contributed by atoms with Crippen LogP contribution in [0.2, 0.25) is 0 Å². The van der Waals surface area contributed by atoms with Crippen LogP contribution in [-0.2, 0) is 21.1 Å². The molecule has 6 nitrogen and oxygen atoms in total. The summed E-state index contributed by atoms with van der Waals surface area (Å²) >= 11 is 0. The van der Waals surface area contributed by atoms with E-state index in [1.807, 2.05) is 60.9 Å². The molecule has 0 N–H and O–H groups in total. The monoisotopic (exact) mass is 519 g/mol. The minimum Gasteiger partial charge on any atom is -0.297 e. The number of rotatable bonds is 4. The summed E-state index contributed by atoms with van der Waals surface area (Å²) < 4.78 is 3.39. The van der Waals surface area contributed by atoms with E-state index in [1.165, 1.54) is 4.90 Å². The minimum absolute atomic E-state index is 0. The third-order valence-electron chi connectivity index (χ3n) is 3.61. The van der Waals surface area contributed by atoms with Gasteiger partial charge in [-0.05, 0) is 23.5 Å². The SMILES string of the molecule is N#CN(c1[c-]c(-n2cccn2)ccc1)c1[c-]c(-n2cccn2)ccc1.[Pt+2]. The molecule has 0 fully saturated rings. The van der Waals surface area contributed by atoms with E-state index in [0.29, 0.717) is 11.4 Å². The minimum atomic E-state index is 0. The average molecular weight is 519 g/mol. The Balaban J connectivity index is 0.00000196. The number of benzene rings is 2. The molecular weight excluding hydrogens is 507 g/mol. The number of hydrogen-bond donors (Lipinski definition) is 0. The van der Waals surface area contributed by atoms with Crippen LogP contribution in [0.5, 0.6) is 0 Å². The first kappa shape index (κ1) is 17.7. The van der Waals surface area contributed by atoms with E-state index in [1.54, 1.807) is 21.8 Å². The molecular formula is C19H12N6Pt. The van der Waals surface area contributed by atoms with Crippen LogP contribution >= 0.6 is 0 Å². The Labute approximate surface area is 165 Å². The molecule has 2 aromatic carbocycles. The fraction of sp³-hybridized carbons (Fsp3) is 0. The van der Waals surface area contributed by atoms with Crippen LogP contribution in [0, 0.1) is 23.6 Å². The maximum absolute atomic E-state index is 9.67. The molecule has 0 aliphatic heterocycles. The largest absolute Gasteiger partial charge is 2.00 e. The Morgan fingerprint density at radius 3 is 1.69 bits per heavy atom. The molecule has 0 unspecified atom stereocenters. The molecule has 2 aromatic heterocycles. The van der Waals surface area contributed by atoms with Gasteiger partial charge in [0.25, 0.3) is 0 Å². The van der Waals surface area contributed by atoms with Gasteiger partial charge in [0.1, 0.15) is 0 Å². The van der Waals surface area contributed by atoms with Gasteiger partial charge in [0.15, 0.2) is 6.19 Å². The van der Waals surface area contributed by atoms with Gasteiger partial charge in [-0.1, -0.05) is 11.4 Å². The third kappa shape index (κ3) is 3.44. The molecule has 4 rings (SSSR count). The Morgan fingerprint density at radius 1 is 0.808 bits per heavy atom. The average Bonchev–Trinajstić information content (AvgIpc) is 3.37. The summed E-state index contributed by atoms with van der Waals surface area (Å²) in [5.74, 6) is 0. The zero-order chi connectivity index (χ0) is 17.1. The first-order valence-electron chi connectivity index (χ1n) is 7.60. The van der Waals surface area contributed by atoms with Crippen molar-refractivity contribution < 1.29 is 21.1 Å². The maximum atomic E-state index is 9.67. The molecule has 26 heavy (non-hydrogen) atoms. The smallest absolute Gasteiger partial charge is 0.297 e. The molecule has 0 saturated heterocycles. The van der Waals surface area contributed by atoms with Crippen LogP contribution in [0.4, 0.5) is 11.4 Å². The number of hydrogen-bond acceptors (Lipinski definition) is 4. The normalized spacial score (nSPS) is 9.96. The fourth-order valence-corrected chi connectivity index (χ4v) is 2.48. The van der Waals surface area contributed by atoms with E-state index in [-0.39, 0.29) is 21.1 Å². The second-order valence-corrected chi connectivity index (χ2v) is 5.18. The molecule has 0 aliphatic rings. The molecule has 0 amide bonds. The summed E-state index contributed by atoms with van der Waals surface area (Å²) in [4.78, 5) is 1.47. The molecule has 0 atom stereocenters. The molecule has 2 heterocycles. The second-order valence-electron chi connectivity index (χ2n) is 5.18. The molecule has 4 aromatic rings. The van der Waals surface area contributed by atoms with Crippen molar-refractivity contribution in [2.24, 2.45) is 0 Å². The van der Waals surface area contributed by atoms with E-state index in [2.05, 4.69) is 28.5 Å². The van der Waals surface area contributed by atoms with Crippen LogP contribution in [-0.4, -0.2) is 19.6 Å². The first-order chi connectivity index (χ1) is 12.3. The van der Waals surface area contributed by atoms with Gasteiger partial charge in [0, 0.05) is 24.8 Å². The zero-order valence-corrected chi connectivity index (χ0v) is 15.7. The van der Waals surface area contributed by atoms with Gasteiger partial charge in [0.2, 0.25) is 0 Å². The third-order valence-corrected chi connectivity index (χ3v) is 3.61. The number of nitrogens with zero attached hydrogens (tertiary/aromatic N) is 6. The number of anilines is 2. The van der Waals surface area contributed by atoms with Gasteiger partial charge < -0.3 is 0 Å². The van der Waals surface area contributed by atoms with Gasteiger partial charge in [0.05, 0.1) is 0 Å². The summed E-state index contributed by atoms with van der Waals surface area (Å²) in [5.41, 5.74) is 2.74. The van der Waals surface area contributed by atoms with E-state index < -0.39 is 0 Å². The predicted molar refractivity (Wildman–Crippen MR) is 92.6 cm³/mol. The van der Waals surface area contributed by atoms with Crippen molar-refractivity contribution in [1.29, 1.82) is 5.26 Å². The number of aromatic nitrogens is 4. The van der Waals surface area contributed by atoms with Crippen LogP contribution in [0.15, 0.2) is 73.3 Å². The summed E-state index contributed by atoms with van der Waals surface area (Å²) in [6.07, 6.45) is 9.25. The van der Waals surface area contributed by atoms with Crippen molar-refractivity contribution in [2.75, 3.05) is 4.90 Å². The quantitative estimate of drug-likeness (QED) is 0.236. The molecule has 0 spiro atoms. The maximum Gasteiger partial charge on any atom is 2.00 e. The van der Waals surface area contributed by atoms with Crippen LogP contribution in [0.3, 0.4) is 0 Å². The molecule has 7 heteroatoms. The van der Waals surface area contributed by atoms with Crippen LogP contribution in [0.1, 0.15) is 0 Å². The van der Waals surface area contributed by atoms with Gasteiger partial charge in [-0.15, -0.1) is 36.4 Å². The molecule has 128 valence electrons. The Hall–Kier alpha value is -3.16. The van der Waals surface area contributed by atoms with Crippen molar-refractivity contribution in [3.63, 3.8) is 0 Å². The molecule has 0 bridgehead atoms. The summed E-state index contributed by atoms with van der Waals surface area (Å²) in [6.45, 7) is 0. The van der Waals surface area contributed by atoms with E-state index in [4.69, 9.17) is 0 Å². The van der Waals surface area contributed by atoms with Gasteiger partial charge in [-0.3, -0.25) is 14.3 Å². The Morgan fingerprint density at radius 2 is 1.31 bits per heavy atom. The molecule has 0 saturated carbocycles. The Kier molecular flexibility index (Phi) is 5.31. The van der Waals surface area contributed by atoms with E-state index >= 15 is 0 Å². The number of nitriles is 1. The summed E-state index contributed by atoms with van der Waals surface area (Å²) in [5, 5.41) is 18.1. The zero-order valence-electron chi connectivity index (χ0n) is 13.4. The van der Waals surface area contributed by atoms with E-state index in [0.717, 1.165) is 11.4 Å². The first-order valence-corrected chi connectivity index (χ1v) is 7.60. The van der Waals surface area contributed by atoms with Crippen molar-refractivity contribution in [2.45, 2.75) is 0 Å². The topological polar surface area (TPSA) is 62.7 Å². The van der Waals surface area contributed by atoms with Gasteiger partial charge in [-0.25, -0.2) is 0 Å². The van der Waals surface area contributed by atoms with Gasteiger partial charge >= 0.3 is 21.1 Å². The van der Waals surface area contributed by atoms with Gasteiger partial charge in [-0.2, -0.15) is 27.6 Å². The predicted octanol–water partition coefficient (Wildman–Crippen LogP) is 3.28. The van der Waals surface area contributed by atoms with Crippen LogP contribution in [0.25, 0.3) is 11.4 Å². The fourth-order valence-electron chi connectivity index (χ4n) is 2.48. The molecule has 0 radical (unpaired) electrons. The van der Waals surface area contributed by atoms with E-state index in [9.17, 15) is 5.26 Å². The van der Waals surface area contributed by atoms with Crippen molar-refractivity contribution in [1.82, 2.24) is 19.6 Å². The molecule has 0 aliphatic carbocycles. The standard InChI is InChI=1S/C19H12N6.Pt/c20-15-23(16-5-1-7-18(13-16)24-11-3-9-21-24)17-6-2-8-19(14-17)25-12-4-10-22-25;/h1-12H;/q-2;+2. The van der Waals surface area contributed by atoms with Crippen LogP contribution < -0.4 is 4.90 Å².